The van der Waals surface area contributed by atoms with Gasteiger partial charge in [0.15, 0.2) is 0 Å². The van der Waals surface area contributed by atoms with Gasteiger partial charge in [-0.05, 0) is 25.8 Å². The minimum absolute atomic E-state index is 0.00628. The van der Waals surface area contributed by atoms with Gasteiger partial charge in [-0.2, -0.15) is 4.31 Å². The molecule has 0 bridgehead atoms. The van der Waals surface area contributed by atoms with E-state index in [2.05, 4.69) is 14.9 Å². The molecule has 8 heteroatoms. The van der Waals surface area contributed by atoms with Crippen LogP contribution in [0.5, 0.6) is 0 Å². The third kappa shape index (κ3) is 3.51. The number of hydrogen-bond acceptors (Lipinski definition) is 5. The van der Waals surface area contributed by atoms with E-state index in [-0.39, 0.29) is 17.7 Å². The van der Waals surface area contributed by atoms with Crippen molar-refractivity contribution in [1.82, 2.24) is 19.2 Å². The van der Waals surface area contributed by atoms with E-state index in [1.54, 1.807) is 16.7 Å². The molecule has 2 fully saturated rings. The summed E-state index contributed by atoms with van der Waals surface area (Å²) in [5.74, 6) is 1.29. The van der Waals surface area contributed by atoms with Gasteiger partial charge in [0, 0.05) is 45.2 Å². The molecule has 3 heterocycles. The summed E-state index contributed by atoms with van der Waals surface area (Å²) in [4.78, 5) is 9.54. The number of likely N-dealkylation sites (N-methyl/N-ethyl adjacent to an activating group) is 1. The minimum Gasteiger partial charge on any atom is -0.381 e. The normalized spacial score (nSPS) is 26.3. The van der Waals surface area contributed by atoms with Gasteiger partial charge in [0.1, 0.15) is 5.82 Å². The molecule has 1 N–H and O–H groups in total. The average molecular weight is 328 g/mol. The van der Waals surface area contributed by atoms with Crippen molar-refractivity contribution in [1.29, 1.82) is 0 Å². The summed E-state index contributed by atoms with van der Waals surface area (Å²) >= 11 is 0. The smallest absolute Gasteiger partial charge is 0.214 e. The molecule has 22 heavy (non-hydrogen) atoms. The molecule has 2 aliphatic heterocycles. The summed E-state index contributed by atoms with van der Waals surface area (Å²) in [6.07, 6.45) is 5.17. The van der Waals surface area contributed by atoms with Crippen molar-refractivity contribution in [3.05, 3.63) is 18.2 Å². The maximum atomic E-state index is 12.7. The van der Waals surface area contributed by atoms with Gasteiger partial charge in [-0.3, -0.25) is 4.90 Å². The molecule has 7 nitrogen and oxygen atoms in total. The molecule has 0 aliphatic carbocycles. The van der Waals surface area contributed by atoms with Crippen molar-refractivity contribution in [2.45, 2.75) is 18.9 Å². The van der Waals surface area contributed by atoms with E-state index < -0.39 is 10.0 Å². The number of hydrogen-bond donors (Lipinski definition) is 1. The number of imidazole rings is 1. The van der Waals surface area contributed by atoms with Gasteiger partial charge in [0.05, 0.1) is 11.8 Å². The molecule has 0 spiro atoms. The van der Waals surface area contributed by atoms with Crippen LogP contribution < -0.4 is 0 Å². The molecular weight excluding hydrogens is 304 g/mol. The number of nitrogens with one attached hydrogen (secondary N) is 1. The number of H-pyrrole nitrogens is 1. The largest absolute Gasteiger partial charge is 0.381 e. The molecule has 1 atom stereocenters. The van der Waals surface area contributed by atoms with Crippen LogP contribution in [0.25, 0.3) is 0 Å². The fraction of sp³-hybridized carbons (Fsp3) is 0.786. The van der Waals surface area contributed by atoms with Crippen LogP contribution in [0.2, 0.25) is 0 Å². The highest BCUT2D eigenvalue weighted by atomic mass is 32.2. The van der Waals surface area contributed by atoms with Crippen LogP contribution in [-0.2, 0) is 14.8 Å². The number of ether oxygens (including phenoxy) is 1. The fourth-order valence-electron chi connectivity index (χ4n) is 3.17. The lowest BCUT2D eigenvalue weighted by molar-refractivity contribution is 0.0716. The number of piperazine rings is 1. The van der Waals surface area contributed by atoms with Crippen LogP contribution in [0.3, 0.4) is 0 Å². The van der Waals surface area contributed by atoms with E-state index in [4.69, 9.17) is 4.74 Å². The summed E-state index contributed by atoms with van der Waals surface area (Å²) < 4.78 is 32.4. The highest BCUT2D eigenvalue weighted by Crippen LogP contribution is 2.25. The lowest BCUT2D eigenvalue weighted by atomic mass is 10.0. The summed E-state index contributed by atoms with van der Waals surface area (Å²) in [7, 11) is -1.21. The van der Waals surface area contributed by atoms with Crippen LogP contribution in [0, 0.1) is 5.92 Å². The lowest BCUT2D eigenvalue weighted by Gasteiger charge is -2.38. The van der Waals surface area contributed by atoms with Crippen LogP contribution in [0.15, 0.2) is 12.4 Å². The Bertz CT molecular complexity index is 569. The maximum absolute atomic E-state index is 12.7. The molecule has 0 unspecified atom stereocenters. The molecular formula is C14H24N4O3S. The quantitative estimate of drug-likeness (QED) is 0.868. The van der Waals surface area contributed by atoms with Crippen LogP contribution in [0.4, 0.5) is 0 Å². The summed E-state index contributed by atoms with van der Waals surface area (Å²) in [5, 5.41) is 0. The van der Waals surface area contributed by atoms with E-state index >= 15 is 0 Å². The van der Waals surface area contributed by atoms with Gasteiger partial charge < -0.3 is 9.72 Å². The van der Waals surface area contributed by atoms with Crippen molar-refractivity contribution in [2.75, 3.05) is 45.6 Å². The van der Waals surface area contributed by atoms with E-state index in [9.17, 15) is 8.42 Å². The molecule has 2 saturated heterocycles. The Kier molecular flexibility index (Phi) is 4.82. The summed E-state index contributed by atoms with van der Waals surface area (Å²) in [6.45, 7) is 3.10. The van der Waals surface area contributed by atoms with Crippen molar-refractivity contribution in [3.63, 3.8) is 0 Å². The Hall–Kier alpha value is -0.960. The molecule has 1 aromatic heterocycles. The topological polar surface area (TPSA) is 78.5 Å². The number of aromatic nitrogens is 2. The highest BCUT2D eigenvalue weighted by Gasteiger charge is 2.35. The Labute approximate surface area is 131 Å². The zero-order valence-corrected chi connectivity index (χ0v) is 13.8. The Morgan fingerprint density at radius 1 is 1.36 bits per heavy atom. The molecule has 1 aromatic rings. The van der Waals surface area contributed by atoms with Crippen LogP contribution in [0.1, 0.15) is 24.7 Å². The third-order valence-corrected chi connectivity index (χ3v) is 6.64. The summed E-state index contributed by atoms with van der Waals surface area (Å²) in [5.41, 5.74) is 0. The van der Waals surface area contributed by atoms with Crippen LogP contribution >= 0.6 is 0 Å². The molecule has 124 valence electrons. The van der Waals surface area contributed by atoms with Crippen molar-refractivity contribution < 1.29 is 13.2 Å². The zero-order chi connectivity index (χ0) is 15.6. The molecule has 0 radical (unpaired) electrons. The first-order chi connectivity index (χ1) is 10.6. The van der Waals surface area contributed by atoms with Gasteiger partial charge in [-0.25, -0.2) is 13.4 Å². The van der Waals surface area contributed by atoms with E-state index in [1.807, 2.05) is 7.05 Å². The van der Waals surface area contributed by atoms with Gasteiger partial charge in [0.2, 0.25) is 10.0 Å². The fourth-order valence-corrected chi connectivity index (χ4v) is 5.04. The third-order valence-electron chi connectivity index (χ3n) is 4.63. The van der Waals surface area contributed by atoms with Gasteiger partial charge in [-0.1, -0.05) is 0 Å². The second-order valence-corrected chi connectivity index (χ2v) is 8.18. The molecule has 0 amide bonds. The van der Waals surface area contributed by atoms with E-state index in [0.29, 0.717) is 26.3 Å². The molecule has 0 aromatic carbocycles. The SMILES string of the molecule is CN1CCN(S(=O)(=O)CC2CCOCC2)C[C@@H]1c1ncc[nH]1. The zero-order valence-electron chi connectivity index (χ0n) is 12.9. The second-order valence-electron chi connectivity index (χ2n) is 6.16. The molecule has 0 saturated carbocycles. The standard InChI is InChI=1S/C14H24N4O3S/c1-17-6-7-18(10-13(17)14-15-4-5-16-14)22(19,20)11-12-2-8-21-9-3-12/h4-5,12-13H,2-3,6-11H2,1H3,(H,15,16)/t13-/m1/s1. The highest BCUT2D eigenvalue weighted by molar-refractivity contribution is 7.89. The predicted octanol–water partition coefficient (Wildman–Crippen LogP) is 0.455. The number of rotatable bonds is 4. The molecule has 2 aliphatic rings. The Morgan fingerprint density at radius 2 is 2.14 bits per heavy atom. The van der Waals surface area contributed by atoms with Crippen LogP contribution in [-0.4, -0.2) is 73.2 Å². The average Bonchev–Trinajstić information content (AvgIpc) is 3.02. The van der Waals surface area contributed by atoms with Gasteiger partial charge in [0.25, 0.3) is 0 Å². The first kappa shape index (κ1) is 15.9. The van der Waals surface area contributed by atoms with Gasteiger partial charge >= 0.3 is 0 Å². The Morgan fingerprint density at radius 3 is 2.82 bits per heavy atom. The van der Waals surface area contributed by atoms with E-state index in [1.165, 1.54) is 0 Å². The van der Waals surface area contributed by atoms with Crippen molar-refractivity contribution in [3.8, 4) is 0 Å². The summed E-state index contributed by atoms with van der Waals surface area (Å²) in [6, 6.07) is -0.00628. The minimum atomic E-state index is -3.22. The number of aromatic amines is 1. The predicted molar refractivity (Wildman–Crippen MR) is 82.9 cm³/mol. The lowest BCUT2D eigenvalue weighted by Crippen LogP contribution is -2.50. The monoisotopic (exact) mass is 328 g/mol. The van der Waals surface area contributed by atoms with Crippen molar-refractivity contribution in [2.24, 2.45) is 5.92 Å². The first-order valence-corrected chi connectivity index (χ1v) is 9.42. The first-order valence-electron chi connectivity index (χ1n) is 7.81. The number of sulfonamides is 1. The van der Waals surface area contributed by atoms with E-state index in [0.717, 1.165) is 25.2 Å². The molecule has 3 rings (SSSR count). The maximum Gasteiger partial charge on any atom is 0.214 e. The van der Waals surface area contributed by atoms with Crippen molar-refractivity contribution >= 4 is 10.0 Å². The number of nitrogens with zero attached hydrogens (tertiary/aromatic N) is 3. The van der Waals surface area contributed by atoms with Gasteiger partial charge in [-0.15, -0.1) is 0 Å². The second kappa shape index (κ2) is 6.66. The Balaban J connectivity index is 1.68.